The number of pyridine rings is 1. The SMILES string of the molecule is Clc1nc(-c2cccc(-c3ccccc3)c2)nc(-c2nccc3oc4ccccc4c23)n1. The average Bonchev–Trinajstić information content (AvgIpc) is 3.23. The highest BCUT2D eigenvalue weighted by Gasteiger charge is 2.17. The summed E-state index contributed by atoms with van der Waals surface area (Å²) in [6.45, 7) is 0. The van der Waals surface area contributed by atoms with Crippen molar-refractivity contribution in [2.24, 2.45) is 0 Å². The van der Waals surface area contributed by atoms with E-state index in [-0.39, 0.29) is 5.28 Å². The first-order valence-electron chi connectivity index (χ1n) is 10.1. The van der Waals surface area contributed by atoms with Gasteiger partial charge in [-0.15, -0.1) is 0 Å². The highest BCUT2D eigenvalue weighted by Crippen LogP contribution is 2.34. The summed E-state index contributed by atoms with van der Waals surface area (Å²) in [7, 11) is 0. The summed E-state index contributed by atoms with van der Waals surface area (Å²) in [4.78, 5) is 18.1. The maximum atomic E-state index is 6.34. The number of halogens is 1. The lowest BCUT2D eigenvalue weighted by atomic mass is 10.0. The predicted molar refractivity (Wildman–Crippen MR) is 126 cm³/mol. The van der Waals surface area contributed by atoms with Gasteiger partial charge < -0.3 is 4.42 Å². The van der Waals surface area contributed by atoms with Crippen LogP contribution in [0.4, 0.5) is 0 Å². The van der Waals surface area contributed by atoms with E-state index < -0.39 is 0 Å². The average molecular weight is 435 g/mol. The Morgan fingerprint density at radius 2 is 1.38 bits per heavy atom. The third-order valence-corrected chi connectivity index (χ3v) is 5.51. The minimum Gasteiger partial charge on any atom is -0.456 e. The predicted octanol–water partition coefficient (Wildman–Crippen LogP) is 6.82. The summed E-state index contributed by atoms with van der Waals surface area (Å²) in [5, 5.41) is 1.92. The van der Waals surface area contributed by atoms with Crippen molar-refractivity contribution in [1.82, 2.24) is 19.9 Å². The van der Waals surface area contributed by atoms with Crippen molar-refractivity contribution in [2.75, 3.05) is 0 Å². The van der Waals surface area contributed by atoms with Crippen molar-refractivity contribution in [3.63, 3.8) is 0 Å². The molecule has 0 amide bonds. The molecule has 3 heterocycles. The van der Waals surface area contributed by atoms with Gasteiger partial charge in [-0.1, -0.05) is 66.7 Å². The first-order chi connectivity index (χ1) is 15.8. The maximum absolute atomic E-state index is 6.34. The first-order valence-corrected chi connectivity index (χ1v) is 10.5. The molecule has 3 aromatic carbocycles. The molecule has 0 saturated heterocycles. The summed E-state index contributed by atoms with van der Waals surface area (Å²) in [5.74, 6) is 0.895. The second-order valence-corrected chi connectivity index (χ2v) is 7.67. The number of furan rings is 1. The monoisotopic (exact) mass is 434 g/mol. The summed E-state index contributed by atoms with van der Waals surface area (Å²) >= 11 is 6.34. The summed E-state index contributed by atoms with van der Waals surface area (Å²) in [6.07, 6.45) is 1.69. The van der Waals surface area contributed by atoms with Gasteiger partial charge in [-0.3, -0.25) is 4.98 Å². The van der Waals surface area contributed by atoms with Crippen LogP contribution in [-0.4, -0.2) is 19.9 Å². The Bertz CT molecular complexity index is 1590. The molecule has 0 radical (unpaired) electrons. The van der Waals surface area contributed by atoms with Crippen molar-refractivity contribution in [3.8, 4) is 34.0 Å². The second kappa shape index (κ2) is 7.55. The molecule has 0 atom stereocenters. The van der Waals surface area contributed by atoms with Crippen molar-refractivity contribution >= 4 is 33.5 Å². The standard InChI is InChI=1S/C26H15ClN4O/c27-26-30-24(18-10-6-9-17(15-18)16-7-2-1-3-8-16)29-25(31-26)23-22-19-11-4-5-12-20(19)32-21(22)13-14-28-23/h1-15H. The number of fused-ring (bicyclic) bond motifs is 3. The fourth-order valence-corrected chi connectivity index (χ4v) is 4.05. The van der Waals surface area contributed by atoms with E-state index in [1.165, 1.54) is 0 Å². The molecule has 6 rings (SSSR count). The van der Waals surface area contributed by atoms with Crippen molar-refractivity contribution < 1.29 is 4.42 Å². The van der Waals surface area contributed by atoms with Crippen LogP contribution >= 0.6 is 11.6 Å². The molecule has 6 heteroatoms. The van der Waals surface area contributed by atoms with Crippen molar-refractivity contribution in [2.45, 2.75) is 0 Å². The highest BCUT2D eigenvalue weighted by molar-refractivity contribution is 6.28. The van der Waals surface area contributed by atoms with E-state index in [0.717, 1.165) is 38.6 Å². The molecule has 0 N–H and O–H groups in total. The van der Waals surface area contributed by atoms with Crippen LogP contribution in [0, 0.1) is 0 Å². The quantitative estimate of drug-likeness (QED) is 0.305. The van der Waals surface area contributed by atoms with Crippen LogP contribution in [0.25, 0.3) is 56.0 Å². The Kier molecular flexibility index (Phi) is 4.40. The maximum Gasteiger partial charge on any atom is 0.226 e. The van der Waals surface area contributed by atoms with Crippen LogP contribution < -0.4 is 0 Å². The van der Waals surface area contributed by atoms with Gasteiger partial charge in [0.1, 0.15) is 16.9 Å². The molecule has 5 nitrogen and oxygen atoms in total. The largest absolute Gasteiger partial charge is 0.456 e. The molecule has 6 aromatic rings. The highest BCUT2D eigenvalue weighted by atomic mass is 35.5. The first kappa shape index (κ1) is 18.7. The smallest absolute Gasteiger partial charge is 0.226 e. The molecule has 0 aliphatic rings. The Morgan fingerprint density at radius 1 is 0.625 bits per heavy atom. The number of benzene rings is 3. The Balaban J connectivity index is 1.53. The molecule has 0 aliphatic carbocycles. The molecule has 0 spiro atoms. The number of hydrogen-bond donors (Lipinski definition) is 0. The molecule has 0 unspecified atom stereocenters. The van der Waals surface area contributed by atoms with Crippen LogP contribution in [0.1, 0.15) is 0 Å². The molecule has 0 saturated carbocycles. The molecule has 0 fully saturated rings. The normalized spacial score (nSPS) is 11.3. The van der Waals surface area contributed by atoms with Crippen LogP contribution in [0.3, 0.4) is 0 Å². The van der Waals surface area contributed by atoms with E-state index in [9.17, 15) is 0 Å². The van der Waals surface area contributed by atoms with Gasteiger partial charge in [0.2, 0.25) is 5.28 Å². The Morgan fingerprint density at radius 3 is 2.28 bits per heavy atom. The molecule has 3 aromatic heterocycles. The topological polar surface area (TPSA) is 64.7 Å². The number of para-hydroxylation sites is 1. The van der Waals surface area contributed by atoms with Crippen LogP contribution in [0.5, 0.6) is 0 Å². The van der Waals surface area contributed by atoms with Gasteiger partial charge in [0.15, 0.2) is 11.6 Å². The lowest BCUT2D eigenvalue weighted by molar-refractivity contribution is 0.668. The van der Waals surface area contributed by atoms with E-state index in [1.54, 1.807) is 6.20 Å². The number of aromatic nitrogens is 4. The van der Waals surface area contributed by atoms with Gasteiger partial charge in [0.25, 0.3) is 0 Å². The third-order valence-electron chi connectivity index (χ3n) is 5.34. The zero-order valence-electron chi connectivity index (χ0n) is 16.7. The van der Waals surface area contributed by atoms with E-state index >= 15 is 0 Å². The molecule has 0 aliphatic heterocycles. The molecule has 152 valence electrons. The number of rotatable bonds is 3. The zero-order valence-corrected chi connectivity index (χ0v) is 17.5. The van der Waals surface area contributed by atoms with Crippen LogP contribution in [0.15, 0.2) is 95.5 Å². The fourth-order valence-electron chi connectivity index (χ4n) is 3.89. The van der Waals surface area contributed by atoms with Gasteiger partial charge in [0.05, 0.1) is 5.39 Å². The third kappa shape index (κ3) is 3.20. The summed E-state index contributed by atoms with van der Waals surface area (Å²) in [6, 6.07) is 27.9. The zero-order chi connectivity index (χ0) is 21.5. The number of hydrogen-bond acceptors (Lipinski definition) is 5. The van der Waals surface area contributed by atoms with E-state index in [1.807, 2.05) is 66.7 Å². The minimum absolute atomic E-state index is 0.113. The van der Waals surface area contributed by atoms with Gasteiger partial charge in [-0.2, -0.15) is 9.97 Å². The van der Waals surface area contributed by atoms with Gasteiger partial charge in [-0.05, 0) is 40.9 Å². The van der Waals surface area contributed by atoms with Gasteiger partial charge in [0, 0.05) is 17.1 Å². The molecule has 32 heavy (non-hydrogen) atoms. The molecular formula is C26H15ClN4O. The van der Waals surface area contributed by atoms with Gasteiger partial charge in [-0.25, -0.2) is 4.98 Å². The fraction of sp³-hybridized carbons (Fsp3) is 0. The lowest BCUT2D eigenvalue weighted by Gasteiger charge is -2.07. The lowest BCUT2D eigenvalue weighted by Crippen LogP contribution is -1.99. The minimum atomic E-state index is 0.113. The van der Waals surface area contributed by atoms with Crippen molar-refractivity contribution in [1.29, 1.82) is 0 Å². The molecule has 0 bridgehead atoms. The summed E-state index contributed by atoms with van der Waals surface area (Å²) < 4.78 is 5.98. The Labute approximate surface area is 188 Å². The number of nitrogens with zero attached hydrogens (tertiary/aromatic N) is 4. The van der Waals surface area contributed by atoms with Crippen LogP contribution in [0.2, 0.25) is 5.28 Å². The van der Waals surface area contributed by atoms with E-state index in [2.05, 4.69) is 33.2 Å². The van der Waals surface area contributed by atoms with E-state index in [4.69, 9.17) is 21.0 Å². The van der Waals surface area contributed by atoms with Gasteiger partial charge >= 0.3 is 0 Å². The van der Waals surface area contributed by atoms with Crippen molar-refractivity contribution in [3.05, 3.63) is 96.4 Å². The molecular weight excluding hydrogens is 420 g/mol. The van der Waals surface area contributed by atoms with Crippen LogP contribution in [-0.2, 0) is 0 Å². The summed E-state index contributed by atoms with van der Waals surface area (Å²) in [5.41, 5.74) is 5.15. The second-order valence-electron chi connectivity index (χ2n) is 7.33. The van der Waals surface area contributed by atoms with E-state index in [0.29, 0.717) is 17.3 Å². The Hall–Kier alpha value is -4.09.